The molecule has 0 spiro atoms. The highest BCUT2D eigenvalue weighted by Crippen LogP contribution is 2.22. The van der Waals surface area contributed by atoms with Crippen LogP contribution in [0.3, 0.4) is 0 Å². The van der Waals surface area contributed by atoms with Gasteiger partial charge in [-0.3, -0.25) is 14.2 Å². The Hall–Kier alpha value is -2.60. The third kappa shape index (κ3) is 4.88. The number of benzene rings is 2. The van der Waals surface area contributed by atoms with Crippen molar-refractivity contribution in [1.29, 1.82) is 0 Å². The second-order valence-corrected chi connectivity index (χ2v) is 7.95. The quantitative estimate of drug-likeness (QED) is 0.408. The van der Waals surface area contributed by atoms with E-state index in [1.165, 1.54) is 11.8 Å². The monoisotopic (exact) mass is 409 g/mol. The van der Waals surface area contributed by atoms with Gasteiger partial charge in [0.1, 0.15) is 0 Å². The van der Waals surface area contributed by atoms with E-state index in [2.05, 4.69) is 6.92 Å². The van der Waals surface area contributed by atoms with E-state index >= 15 is 0 Å². The molecule has 0 fully saturated rings. The summed E-state index contributed by atoms with van der Waals surface area (Å²) in [6.07, 6.45) is 2.04. The summed E-state index contributed by atoms with van der Waals surface area (Å²) in [5, 5.41) is 1.11. The molecule has 0 aliphatic rings. The first-order valence-electron chi connectivity index (χ1n) is 10.0. The number of thioether (sulfide) groups is 1. The molecule has 0 aliphatic heterocycles. The SMILES string of the molecule is CCCCN(CC)C(=O)CSc1nc2ccccc2c(=O)n1-c1ccc(C)cc1. The van der Waals surface area contributed by atoms with E-state index in [0.29, 0.717) is 22.6 Å². The molecule has 1 aromatic heterocycles. The van der Waals surface area contributed by atoms with Crippen molar-refractivity contribution < 1.29 is 4.79 Å². The molecule has 0 aliphatic carbocycles. The van der Waals surface area contributed by atoms with Gasteiger partial charge in [-0.05, 0) is 44.5 Å². The molecule has 3 rings (SSSR count). The minimum atomic E-state index is -0.118. The van der Waals surface area contributed by atoms with Crippen molar-refractivity contribution in [2.24, 2.45) is 0 Å². The first-order chi connectivity index (χ1) is 14.0. The summed E-state index contributed by atoms with van der Waals surface area (Å²) in [7, 11) is 0. The van der Waals surface area contributed by atoms with Crippen molar-refractivity contribution in [3.8, 4) is 5.69 Å². The molecule has 0 saturated carbocycles. The molecule has 3 aromatic rings. The van der Waals surface area contributed by atoms with E-state index in [1.807, 2.05) is 61.2 Å². The highest BCUT2D eigenvalue weighted by Gasteiger charge is 2.17. The van der Waals surface area contributed by atoms with E-state index in [1.54, 1.807) is 10.6 Å². The van der Waals surface area contributed by atoms with Gasteiger partial charge >= 0.3 is 0 Å². The number of amides is 1. The number of nitrogens with zero attached hydrogens (tertiary/aromatic N) is 3. The highest BCUT2D eigenvalue weighted by atomic mass is 32.2. The van der Waals surface area contributed by atoms with Crippen LogP contribution >= 0.6 is 11.8 Å². The van der Waals surface area contributed by atoms with Gasteiger partial charge in [0.2, 0.25) is 5.91 Å². The molecule has 0 unspecified atom stereocenters. The molecule has 0 N–H and O–H groups in total. The van der Waals surface area contributed by atoms with Gasteiger partial charge in [0.25, 0.3) is 5.56 Å². The van der Waals surface area contributed by atoms with Crippen LogP contribution in [0, 0.1) is 6.92 Å². The van der Waals surface area contributed by atoms with Crippen molar-refractivity contribution in [1.82, 2.24) is 14.5 Å². The Bertz CT molecular complexity index is 1040. The van der Waals surface area contributed by atoms with Crippen LogP contribution in [0.4, 0.5) is 0 Å². The van der Waals surface area contributed by atoms with Crippen LogP contribution in [-0.4, -0.2) is 39.2 Å². The van der Waals surface area contributed by atoms with Gasteiger partial charge in [-0.15, -0.1) is 0 Å². The van der Waals surface area contributed by atoms with Crippen molar-refractivity contribution in [3.63, 3.8) is 0 Å². The summed E-state index contributed by atoms with van der Waals surface area (Å²) in [5.74, 6) is 0.331. The Morgan fingerprint density at radius 1 is 1.10 bits per heavy atom. The largest absolute Gasteiger partial charge is 0.342 e. The van der Waals surface area contributed by atoms with E-state index in [0.717, 1.165) is 30.6 Å². The zero-order valence-electron chi connectivity index (χ0n) is 17.2. The number of hydrogen-bond acceptors (Lipinski definition) is 4. The van der Waals surface area contributed by atoms with Crippen LogP contribution in [0.25, 0.3) is 16.6 Å². The van der Waals surface area contributed by atoms with E-state index < -0.39 is 0 Å². The van der Waals surface area contributed by atoms with Crippen LogP contribution in [0.1, 0.15) is 32.3 Å². The summed E-state index contributed by atoms with van der Waals surface area (Å²) in [5.41, 5.74) is 2.41. The molecule has 6 heteroatoms. The van der Waals surface area contributed by atoms with E-state index in [-0.39, 0.29) is 17.2 Å². The molecular formula is C23H27N3O2S. The lowest BCUT2D eigenvalue weighted by Gasteiger charge is -2.20. The maximum Gasteiger partial charge on any atom is 0.266 e. The minimum Gasteiger partial charge on any atom is -0.342 e. The zero-order valence-corrected chi connectivity index (χ0v) is 18.0. The van der Waals surface area contributed by atoms with Crippen molar-refractivity contribution in [3.05, 3.63) is 64.4 Å². The zero-order chi connectivity index (χ0) is 20.8. The minimum absolute atomic E-state index is 0.0730. The fourth-order valence-corrected chi connectivity index (χ4v) is 4.07. The average molecular weight is 410 g/mol. The topological polar surface area (TPSA) is 55.2 Å². The predicted octanol–water partition coefficient (Wildman–Crippen LogP) is 4.43. The number of carbonyl (C=O) groups is 1. The molecule has 29 heavy (non-hydrogen) atoms. The van der Waals surface area contributed by atoms with E-state index in [4.69, 9.17) is 4.98 Å². The number of fused-ring (bicyclic) bond motifs is 1. The van der Waals surface area contributed by atoms with Gasteiger partial charge < -0.3 is 4.90 Å². The summed E-state index contributed by atoms with van der Waals surface area (Å²) >= 11 is 1.32. The maximum absolute atomic E-state index is 13.2. The molecule has 0 saturated heterocycles. The molecular weight excluding hydrogens is 382 g/mol. The number of aromatic nitrogens is 2. The van der Waals surface area contributed by atoms with Crippen LogP contribution in [0.5, 0.6) is 0 Å². The second kappa shape index (κ2) is 9.74. The van der Waals surface area contributed by atoms with Gasteiger partial charge in [0.05, 0.1) is 22.3 Å². The maximum atomic E-state index is 13.2. The summed E-state index contributed by atoms with van der Waals surface area (Å²) in [6.45, 7) is 7.58. The molecule has 152 valence electrons. The molecule has 0 radical (unpaired) electrons. The first kappa shape index (κ1) is 21.1. The third-order valence-electron chi connectivity index (χ3n) is 4.88. The van der Waals surface area contributed by atoms with Crippen LogP contribution in [0.15, 0.2) is 58.5 Å². The Labute approximate surface area is 175 Å². The molecule has 2 aromatic carbocycles. The van der Waals surface area contributed by atoms with Crippen LogP contribution in [-0.2, 0) is 4.79 Å². The lowest BCUT2D eigenvalue weighted by molar-refractivity contribution is -0.128. The fourth-order valence-electron chi connectivity index (χ4n) is 3.16. The van der Waals surface area contributed by atoms with Gasteiger partial charge in [0, 0.05) is 13.1 Å². The van der Waals surface area contributed by atoms with Gasteiger partial charge in [-0.1, -0.05) is 54.9 Å². The van der Waals surface area contributed by atoms with Crippen LogP contribution < -0.4 is 5.56 Å². The lowest BCUT2D eigenvalue weighted by Crippen LogP contribution is -2.33. The number of carbonyl (C=O) groups excluding carboxylic acids is 1. The normalized spacial score (nSPS) is 11.0. The number of hydrogen-bond donors (Lipinski definition) is 0. The lowest BCUT2D eigenvalue weighted by atomic mass is 10.2. The number of rotatable bonds is 8. The van der Waals surface area contributed by atoms with Gasteiger partial charge in [-0.2, -0.15) is 0 Å². The van der Waals surface area contributed by atoms with Gasteiger partial charge in [0.15, 0.2) is 5.16 Å². The third-order valence-corrected chi connectivity index (χ3v) is 5.80. The first-order valence-corrected chi connectivity index (χ1v) is 11.0. The summed E-state index contributed by atoms with van der Waals surface area (Å²) < 4.78 is 1.61. The summed E-state index contributed by atoms with van der Waals surface area (Å²) in [6, 6.07) is 15.1. The number of para-hydroxylation sites is 1. The molecule has 1 heterocycles. The Morgan fingerprint density at radius 2 is 1.83 bits per heavy atom. The average Bonchev–Trinajstić information content (AvgIpc) is 2.74. The Kier molecular flexibility index (Phi) is 7.09. The van der Waals surface area contributed by atoms with Gasteiger partial charge in [-0.25, -0.2) is 4.98 Å². The molecule has 5 nitrogen and oxygen atoms in total. The molecule has 1 amide bonds. The Morgan fingerprint density at radius 3 is 2.52 bits per heavy atom. The Balaban J connectivity index is 1.97. The van der Waals surface area contributed by atoms with Crippen molar-refractivity contribution in [2.45, 2.75) is 38.8 Å². The fraction of sp³-hybridized carbons (Fsp3) is 0.348. The van der Waals surface area contributed by atoms with Crippen molar-refractivity contribution in [2.75, 3.05) is 18.8 Å². The number of unbranched alkanes of at least 4 members (excludes halogenated alkanes) is 1. The standard InChI is InChI=1S/C23H27N3O2S/c1-4-6-15-25(5-2)21(27)16-29-23-24-20-10-8-7-9-19(20)22(28)26(23)18-13-11-17(3)12-14-18/h7-14H,4-6,15-16H2,1-3H3. The highest BCUT2D eigenvalue weighted by molar-refractivity contribution is 7.99. The van der Waals surface area contributed by atoms with Crippen molar-refractivity contribution >= 4 is 28.6 Å². The molecule has 0 bridgehead atoms. The smallest absolute Gasteiger partial charge is 0.266 e. The summed E-state index contributed by atoms with van der Waals surface area (Å²) in [4.78, 5) is 32.5. The van der Waals surface area contributed by atoms with Crippen LogP contribution in [0.2, 0.25) is 0 Å². The van der Waals surface area contributed by atoms with E-state index in [9.17, 15) is 9.59 Å². The second-order valence-electron chi connectivity index (χ2n) is 7.00. The molecule has 0 atom stereocenters. The predicted molar refractivity (Wildman–Crippen MR) is 120 cm³/mol. The number of aryl methyl sites for hydroxylation is 1.